The van der Waals surface area contributed by atoms with Gasteiger partial charge in [-0.3, -0.25) is 4.79 Å². The van der Waals surface area contributed by atoms with Crippen LogP contribution in [-0.2, 0) is 10.0 Å². The summed E-state index contributed by atoms with van der Waals surface area (Å²) < 4.78 is 30.5. The molecule has 1 N–H and O–H groups in total. The van der Waals surface area contributed by atoms with Gasteiger partial charge in [-0.2, -0.15) is 4.31 Å². The number of carbonyl (C=O) groups excluding carboxylic acids is 1. The van der Waals surface area contributed by atoms with E-state index in [0.717, 1.165) is 5.56 Å². The second-order valence-electron chi connectivity index (χ2n) is 6.82. The van der Waals surface area contributed by atoms with Gasteiger partial charge in [0.15, 0.2) is 0 Å². The van der Waals surface area contributed by atoms with Crippen molar-refractivity contribution in [3.05, 3.63) is 29.3 Å². The maximum absolute atomic E-state index is 12.7. The zero-order valence-electron chi connectivity index (χ0n) is 15.4. The largest absolute Gasteiger partial charge is 0.496 e. The van der Waals surface area contributed by atoms with E-state index in [9.17, 15) is 13.2 Å². The van der Waals surface area contributed by atoms with E-state index in [1.807, 2.05) is 32.0 Å². The number of methoxy groups -OCH3 is 1. The van der Waals surface area contributed by atoms with Crippen LogP contribution in [0.3, 0.4) is 0 Å². The Labute approximate surface area is 150 Å². The third kappa shape index (κ3) is 4.71. The molecular formula is C17H27N3O4S. The molecule has 1 aromatic carbocycles. The number of ether oxygens (including phenoxy) is 1. The molecule has 0 spiro atoms. The average Bonchev–Trinajstić information content (AvgIpc) is 2.89. The van der Waals surface area contributed by atoms with Gasteiger partial charge in [-0.25, -0.2) is 8.42 Å². The fourth-order valence-electron chi connectivity index (χ4n) is 3.25. The van der Waals surface area contributed by atoms with Crippen molar-refractivity contribution in [1.29, 1.82) is 0 Å². The molecule has 140 valence electrons. The minimum absolute atomic E-state index is 0.0413. The molecule has 1 fully saturated rings. The third-order valence-corrected chi connectivity index (χ3v) is 5.78. The van der Waals surface area contributed by atoms with Gasteiger partial charge >= 0.3 is 0 Å². The summed E-state index contributed by atoms with van der Waals surface area (Å²) in [4.78, 5) is 14.7. The highest BCUT2D eigenvalue weighted by atomic mass is 32.2. The number of hydrogen-bond donors (Lipinski definition) is 1. The first-order valence-electron chi connectivity index (χ1n) is 8.17. The first-order valence-corrected chi connectivity index (χ1v) is 10.0. The standard InChI is InChI=1S/C17H27N3O4S/c1-12-14(7-6-8-16(12)24-4)17(21)18-15-11-20(25(5,22)23)10-13(15)9-19(2)3/h6-8,13,15H,9-11H2,1-5H3,(H,18,21)/t13-,15-/m1/s1. The quantitative estimate of drug-likeness (QED) is 0.792. The number of nitrogens with zero attached hydrogens (tertiary/aromatic N) is 2. The summed E-state index contributed by atoms with van der Waals surface area (Å²) in [5.41, 5.74) is 1.31. The van der Waals surface area contributed by atoms with Gasteiger partial charge < -0.3 is 15.0 Å². The van der Waals surface area contributed by atoms with Gasteiger partial charge in [-0.1, -0.05) is 6.07 Å². The third-order valence-electron chi connectivity index (χ3n) is 4.54. The molecule has 1 aliphatic rings. The highest BCUT2D eigenvalue weighted by Crippen LogP contribution is 2.23. The lowest BCUT2D eigenvalue weighted by atomic mass is 10.0. The molecular weight excluding hydrogens is 342 g/mol. The Morgan fingerprint density at radius 1 is 1.36 bits per heavy atom. The zero-order chi connectivity index (χ0) is 18.8. The summed E-state index contributed by atoms with van der Waals surface area (Å²) in [5.74, 6) is 0.488. The molecule has 1 aromatic rings. The van der Waals surface area contributed by atoms with Crippen molar-refractivity contribution < 1.29 is 17.9 Å². The molecule has 2 atom stereocenters. The van der Waals surface area contributed by atoms with Gasteiger partial charge in [-0.15, -0.1) is 0 Å². The van der Waals surface area contributed by atoms with Crippen LogP contribution in [0.1, 0.15) is 15.9 Å². The van der Waals surface area contributed by atoms with Crippen molar-refractivity contribution in [3.8, 4) is 5.75 Å². The van der Waals surface area contributed by atoms with Crippen LogP contribution in [0.15, 0.2) is 18.2 Å². The lowest BCUT2D eigenvalue weighted by molar-refractivity contribution is 0.0926. The van der Waals surface area contributed by atoms with E-state index in [4.69, 9.17) is 4.74 Å². The van der Waals surface area contributed by atoms with Crippen LogP contribution in [0.5, 0.6) is 5.75 Å². The molecule has 0 unspecified atom stereocenters. The Balaban J connectivity index is 2.19. The number of nitrogens with one attached hydrogen (secondary N) is 1. The minimum Gasteiger partial charge on any atom is -0.496 e. The Hall–Kier alpha value is -1.64. The van der Waals surface area contributed by atoms with E-state index in [1.54, 1.807) is 19.2 Å². The van der Waals surface area contributed by atoms with Gasteiger partial charge in [0.25, 0.3) is 5.91 Å². The average molecular weight is 369 g/mol. The zero-order valence-corrected chi connectivity index (χ0v) is 16.3. The summed E-state index contributed by atoms with van der Waals surface area (Å²) in [6.07, 6.45) is 1.20. The molecule has 8 heteroatoms. The smallest absolute Gasteiger partial charge is 0.251 e. The van der Waals surface area contributed by atoms with Gasteiger partial charge in [0.1, 0.15) is 5.75 Å². The monoisotopic (exact) mass is 369 g/mol. The predicted octanol–water partition coefficient (Wildman–Crippen LogP) is 0.555. The molecule has 1 aliphatic heterocycles. The van der Waals surface area contributed by atoms with Gasteiger partial charge in [-0.05, 0) is 33.2 Å². The highest BCUT2D eigenvalue weighted by Gasteiger charge is 2.38. The molecule has 0 aromatic heterocycles. The number of hydrogen-bond acceptors (Lipinski definition) is 5. The summed E-state index contributed by atoms with van der Waals surface area (Å²) in [5, 5.41) is 3.02. The van der Waals surface area contributed by atoms with Crippen LogP contribution in [0, 0.1) is 12.8 Å². The molecule has 0 aliphatic carbocycles. The first kappa shape index (κ1) is 19.7. The summed E-state index contributed by atoms with van der Waals surface area (Å²) in [6, 6.07) is 5.10. The van der Waals surface area contributed by atoms with Crippen LogP contribution >= 0.6 is 0 Å². The van der Waals surface area contributed by atoms with Gasteiger partial charge in [0, 0.05) is 42.7 Å². The molecule has 2 rings (SSSR count). The maximum Gasteiger partial charge on any atom is 0.251 e. The van der Waals surface area contributed by atoms with Gasteiger partial charge in [0.2, 0.25) is 10.0 Å². The highest BCUT2D eigenvalue weighted by molar-refractivity contribution is 7.88. The van der Waals surface area contributed by atoms with Crippen LogP contribution < -0.4 is 10.1 Å². The van der Waals surface area contributed by atoms with E-state index in [0.29, 0.717) is 30.9 Å². The summed E-state index contributed by atoms with van der Waals surface area (Å²) >= 11 is 0. The van der Waals surface area contributed by atoms with E-state index in [1.165, 1.54) is 10.6 Å². The van der Waals surface area contributed by atoms with Gasteiger partial charge in [0.05, 0.1) is 13.4 Å². The van der Waals surface area contributed by atoms with E-state index >= 15 is 0 Å². The topological polar surface area (TPSA) is 79.0 Å². The molecule has 1 heterocycles. The summed E-state index contributed by atoms with van der Waals surface area (Å²) in [7, 11) is 2.16. The lowest BCUT2D eigenvalue weighted by Crippen LogP contribution is -2.43. The molecule has 7 nitrogen and oxygen atoms in total. The van der Waals surface area contributed by atoms with E-state index in [-0.39, 0.29) is 17.9 Å². The molecule has 0 saturated carbocycles. The maximum atomic E-state index is 12.7. The molecule has 25 heavy (non-hydrogen) atoms. The number of amides is 1. The predicted molar refractivity (Wildman–Crippen MR) is 97.4 cm³/mol. The summed E-state index contributed by atoms with van der Waals surface area (Å²) in [6.45, 7) is 3.25. The number of benzene rings is 1. The Bertz CT molecular complexity index is 733. The minimum atomic E-state index is -3.28. The van der Waals surface area contributed by atoms with Crippen LogP contribution in [0.2, 0.25) is 0 Å². The van der Waals surface area contributed by atoms with Crippen molar-refractivity contribution in [2.24, 2.45) is 5.92 Å². The normalized spacial score (nSPS) is 21.5. The molecule has 0 radical (unpaired) electrons. The number of carbonyl (C=O) groups is 1. The first-order chi connectivity index (χ1) is 11.6. The number of rotatable bonds is 6. The van der Waals surface area contributed by atoms with Crippen LogP contribution in [0.25, 0.3) is 0 Å². The fourth-order valence-corrected chi connectivity index (χ4v) is 4.14. The SMILES string of the molecule is COc1cccc(C(=O)N[C@@H]2CN(S(C)(=O)=O)C[C@H]2CN(C)C)c1C. The Kier molecular flexibility index (Phi) is 6.08. The van der Waals surface area contributed by atoms with Crippen molar-refractivity contribution in [2.45, 2.75) is 13.0 Å². The Morgan fingerprint density at radius 2 is 2.04 bits per heavy atom. The van der Waals surface area contributed by atoms with Crippen LogP contribution in [0.4, 0.5) is 0 Å². The molecule has 1 amide bonds. The van der Waals surface area contributed by atoms with Crippen molar-refractivity contribution >= 4 is 15.9 Å². The van der Waals surface area contributed by atoms with Crippen molar-refractivity contribution in [3.63, 3.8) is 0 Å². The van der Waals surface area contributed by atoms with Crippen molar-refractivity contribution in [1.82, 2.24) is 14.5 Å². The second-order valence-corrected chi connectivity index (χ2v) is 8.80. The van der Waals surface area contributed by atoms with Crippen LogP contribution in [-0.4, -0.2) is 76.7 Å². The fraction of sp³-hybridized carbons (Fsp3) is 0.588. The number of sulfonamides is 1. The Morgan fingerprint density at radius 3 is 2.60 bits per heavy atom. The molecule has 1 saturated heterocycles. The molecule has 0 bridgehead atoms. The second kappa shape index (κ2) is 7.72. The van der Waals surface area contributed by atoms with E-state index in [2.05, 4.69) is 5.32 Å². The lowest BCUT2D eigenvalue weighted by Gasteiger charge is -2.23. The van der Waals surface area contributed by atoms with Crippen molar-refractivity contribution in [2.75, 3.05) is 47.1 Å². The van der Waals surface area contributed by atoms with E-state index < -0.39 is 10.0 Å².